The maximum Gasteiger partial charge on any atom is 0.267 e. The average molecular weight is 340 g/mol. The van der Waals surface area contributed by atoms with E-state index in [2.05, 4.69) is 10.4 Å². The quantitative estimate of drug-likeness (QED) is 0.893. The first-order chi connectivity index (χ1) is 12.0. The lowest BCUT2D eigenvalue weighted by atomic mass is 10.1. The second-order valence-electron chi connectivity index (χ2n) is 6.15. The first kappa shape index (κ1) is 16.9. The van der Waals surface area contributed by atoms with E-state index < -0.39 is 6.04 Å². The van der Waals surface area contributed by atoms with Crippen LogP contribution in [0.25, 0.3) is 11.3 Å². The summed E-state index contributed by atoms with van der Waals surface area (Å²) in [5.74, 6) is -0.481. The van der Waals surface area contributed by atoms with E-state index in [0.29, 0.717) is 18.8 Å². The Morgan fingerprint density at radius 2 is 1.88 bits per heavy atom. The largest absolute Gasteiger partial charge is 0.353 e. The predicted octanol–water partition coefficient (Wildman–Crippen LogP) is 0.738. The van der Waals surface area contributed by atoms with Gasteiger partial charge in [0.25, 0.3) is 5.56 Å². The van der Waals surface area contributed by atoms with Crippen molar-refractivity contribution in [1.29, 1.82) is 0 Å². The Balaban J connectivity index is 1.89. The number of piperazine rings is 1. The molecule has 7 heteroatoms. The van der Waals surface area contributed by atoms with Crippen molar-refractivity contribution in [3.8, 4) is 11.3 Å². The van der Waals surface area contributed by atoms with E-state index in [4.69, 9.17) is 0 Å². The smallest absolute Gasteiger partial charge is 0.267 e. The normalized spacial score (nSPS) is 15.6. The summed E-state index contributed by atoms with van der Waals surface area (Å²) in [5.41, 5.74) is 2.27. The number of benzene rings is 1. The highest BCUT2D eigenvalue weighted by Gasteiger charge is 2.27. The molecule has 0 saturated carbocycles. The van der Waals surface area contributed by atoms with Crippen LogP contribution in [0.5, 0.6) is 0 Å². The lowest BCUT2D eigenvalue weighted by Gasteiger charge is -2.29. The minimum Gasteiger partial charge on any atom is -0.353 e. The number of rotatable bonds is 3. The predicted molar refractivity (Wildman–Crippen MR) is 93.0 cm³/mol. The molecule has 2 heterocycles. The van der Waals surface area contributed by atoms with Crippen LogP contribution >= 0.6 is 0 Å². The van der Waals surface area contributed by atoms with Crippen LogP contribution in [0.2, 0.25) is 0 Å². The minimum absolute atomic E-state index is 0.00950. The fourth-order valence-electron chi connectivity index (χ4n) is 2.78. The van der Waals surface area contributed by atoms with E-state index in [0.717, 1.165) is 11.1 Å². The number of amides is 2. The Kier molecular flexibility index (Phi) is 4.65. The standard InChI is InChI=1S/C18H20N4O3/c1-12-3-5-14(6-4-12)15-7-8-17(24)22(20-15)13(2)18(25)21-10-9-19-16(23)11-21/h3-8,13H,9-11H2,1-2H3,(H,19,23). The summed E-state index contributed by atoms with van der Waals surface area (Å²) in [6.07, 6.45) is 0. The van der Waals surface area contributed by atoms with Gasteiger partial charge in [0.15, 0.2) is 0 Å². The number of hydrogen-bond donors (Lipinski definition) is 1. The van der Waals surface area contributed by atoms with Crippen LogP contribution in [0, 0.1) is 6.92 Å². The molecule has 2 amide bonds. The first-order valence-corrected chi connectivity index (χ1v) is 8.18. The van der Waals surface area contributed by atoms with Crippen LogP contribution in [0.4, 0.5) is 0 Å². The summed E-state index contributed by atoms with van der Waals surface area (Å²) >= 11 is 0. The van der Waals surface area contributed by atoms with Crippen LogP contribution in [0.3, 0.4) is 0 Å². The van der Waals surface area contributed by atoms with E-state index in [1.807, 2.05) is 31.2 Å². The molecule has 1 aliphatic rings. The van der Waals surface area contributed by atoms with Crippen molar-refractivity contribution in [2.45, 2.75) is 19.9 Å². The molecule has 0 aliphatic carbocycles. The highest BCUT2D eigenvalue weighted by atomic mass is 16.2. The third-order valence-electron chi connectivity index (χ3n) is 4.25. The van der Waals surface area contributed by atoms with Gasteiger partial charge in [-0.3, -0.25) is 14.4 Å². The second-order valence-corrected chi connectivity index (χ2v) is 6.15. The van der Waals surface area contributed by atoms with Crippen molar-refractivity contribution >= 4 is 11.8 Å². The van der Waals surface area contributed by atoms with Gasteiger partial charge in [0, 0.05) is 24.7 Å². The zero-order chi connectivity index (χ0) is 18.0. The highest BCUT2D eigenvalue weighted by molar-refractivity contribution is 5.87. The van der Waals surface area contributed by atoms with Crippen molar-refractivity contribution in [2.75, 3.05) is 19.6 Å². The topological polar surface area (TPSA) is 84.3 Å². The Bertz CT molecular complexity index is 857. The van der Waals surface area contributed by atoms with E-state index in [9.17, 15) is 14.4 Å². The van der Waals surface area contributed by atoms with Crippen LogP contribution in [0.15, 0.2) is 41.2 Å². The minimum atomic E-state index is -0.774. The number of hydrogen-bond acceptors (Lipinski definition) is 4. The third kappa shape index (κ3) is 3.60. The SMILES string of the molecule is Cc1ccc(-c2ccc(=O)n(C(C)C(=O)N3CCNC(=O)C3)n2)cc1. The molecule has 0 bridgehead atoms. The molecule has 1 saturated heterocycles. The van der Waals surface area contributed by atoms with Gasteiger partial charge in [-0.15, -0.1) is 0 Å². The van der Waals surface area contributed by atoms with Crippen LogP contribution < -0.4 is 10.9 Å². The van der Waals surface area contributed by atoms with Crippen LogP contribution in [0.1, 0.15) is 18.5 Å². The number of nitrogens with one attached hydrogen (secondary N) is 1. The van der Waals surface area contributed by atoms with Crippen molar-refractivity contribution in [3.63, 3.8) is 0 Å². The van der Waals surface area contributed by atoms with Crippen molar-refractivity contribution in [1.82, 2.24) is 20.0 Å². The molecule has 130 valence electrons. The summed E-state index contributed by atoms with van der Waals surface area (Å²) < 4.78 is 1.18. The number of carbonyl (C=O) groups excluding carboxylic acids is 2. The molecule has 25 heavy (non-hydrogen) atoms. The third-order valence-corrected chi connectivity index (χ3v) is 4.25. The van der Waals surface area contributed by atoms with Gasteiger partial charge in [0.2, 0.25) is 11.8 Å². The van der Waals surface area contributed by atoms with Gasteiger partial charge in [0.1, 0.15) is 6.04 Å². The number of nitrogens with zero attached hydrogens (tertiary/aromatic N) is 3. The zero-order valence-electron chi connectivity index (χ0n) is 14.2. The highest BCUT2D eigenvalue weighted by Crippen LogP contribution is 2.17. The molecular formula is C18H20N4O3. The molecule has 1 aromatic heterocycles. The lowest BCUT2D eigenvalue weighted by Crippen LogP contribution is -2.52. The van der Waals surface area contributed by atoms with Gasteiger partial charge in [-0.25, -0.2) is 4.68 Å². The Morgan fingerprint density at radius 3 is 2.56 bits per heavy atom. The van der Waals surface area contributed by atoms with Gasteiger partial charge >= 0.3 is 0 Å². The lowest BCUT2D eigenvalue weighted by molar-refractivity contribution is -0.140. The summed E-state index contributed by atoms with van der Waals surface area (Å²) in [6, 6.07) is 10.1. The van der Waals surface area contributed by atoms with E-state index in [-0.39, 0.29) is 23.9 Å². The fraction of sp³-hybridized carbons (Fsp3) is 0.333. The van der Waals surface area contributed by atoms with Crippen LogP contribution in [-0.2, 0) is 9.59 Å². The molecule has 1 fully saturated rings. The van der Waals surface area contributed by atoms with E-state index >= 15 is 0 Å². The zero-order valence-corrected chi connectivity index (χ0v) is 14.2. The summed E-state index contributed by atoms with van der Waals surface area (Å²) in [4.78, 5) is 37.8. The van der Waals surface area contributed by atoms with Crippen molar-refractivity contribution < 1.29 is 9.59 Å². The maximum atomic E-state index is 12.6. The van der Waals surface area contributed by atoms with Gasteiger partial charge in [-0.05, 0) is 19.9 Å². The number of aromatic nitrogens is 2. The molecule has 3 rings (SSSR count). The molecule has 1 aliphatic heterocycles. The van der Waals surface area contributed by atoms with E-state index in [1.54, 1.807) is 13.0 Å². The van der Waals surface area contributed by atoms with Gasteiger partial charge in [-0.2, -0.15) is 5.10 Å². The second kappa shape index (κ2) is 6.88. The molecule has 1 unspecified atom stereocenters. The van der Waals surface area contributed by atoms with Gasteiger partial charge in [0.05, 0.1) is 12.2 Å². The van der Waals surface area contributed by atoms with Crippen LogP contribution in [-0.4, -0.2) is 46.1 Å². The Hall–Kier alpha value is -2.96. The Morgan fingerprint density at radius 1 is 1.16 bits per heavy atom. The molecule has 1 N–H and O–H groups in total. The number of aryl methyl sites for hydroxylation is 1. The van der Waals surface area contributed by atoms with Crippen molar-refractivity contribution in [3.05, 3.63) is 52.3 Å². The molecular weight excluding hydrogens is 320 g/mol. The molecule has 1 aromatic carbocycles. The molecule has 1 atom stereocenters. The Labute approximate surface area is 145 Å². The van der Waals surface area contributed by atoms with E-state index in [1.165, 1.54) is 15.6 Å². The maximum absolute atomic E-state index is 12.6. The summed E-state index contributed by atoms with van der Waals surface area (Å²) in [6.45, 7) is 4.48. The fourth-order valence-corrected chi connectivity index (χ4v) is 2.78. The summed E-state index contributed by atoms with van der Waals surface area (Å²) in [5, 5.41) is 7.04. The molecule has 7 nitrogen and oxygen atoms in total. The number of carbonyl (C=O) groups is 2. The van der Waals surface area contributed by atoms with Crippen molar-refractivity contribution in [2.24, 2.45) is 0 Å². The molecule has 2 aromatic rings. The molecule has 0 radical (unpaired) electrons. The first-order valence-electron chi connectivity index (χ1n) is 8.18. The van der Waals surface area contributed by atoms with Gasteiger partial charge in [-0.1, -0.05) is 29.8 Å². The van der Waals surface area contributed by atoms with Gasteiger partial charge < -0.3 is 10.2 Å². The summed E-state index contributed by atoms with van der Waals surface area (Å²) in [7, 11) is 0. The average Bonchev–Trinajstić information content (AvgIpc) is 2.62. The molecule has 0 spiro atoms. The monoisotopic (exact) mass is 340 g/mol.